The van der Waals surface area contributed by atoms with Crippen LogP contribution in [0.2, 0.25) is 0 Å². The van der Waals surface area contributed by atoms with E-state index in [-0.39, 0.29) is 35.3 Å². The lowest BCUT2D eigenvalue weighted by atomic mass is 10.1. The molecule has 2 fully saturated rings. The fourth-order valence-electron chi connectivity index (χ4n) is 6.69. The lowest BCUT2D eigenvalue weighted by molar-refractivity contribution is 0.0741. The molecule has 0 radical (unpaired) electrons. The maximum atomic E-state index is 13.4. The van der Waals surface area contributed by atoms with Crippen molar-refractivity contribution in [1.82, 2.24) is 39.9 Å². The van der Waals surface area contributed by atoms with Gasteiger partial charge in [-0.25, -0.2) is 9.97 Å². The minimum Gasteiger partial charge on any atom is -0.368 e. The zero-order chi connectivity index (χ0) is 33.5. The molecule has 5 heterocycles. The van der Waals surface area contributed by atoms with Crippen molar-refractivity contribution in [3.8, 4) is 0 Å². The summed E-state index contributed by atoms with van der Waals surface area (Å²) in [6.45, 7) is 5.51. The Hall–Kier alpha value is -5.98. The van der Waals surface area contributed by atoms with Crippen molar-refractivity contribution in [3.05, 3.63) is 119 Å². The summed E-state index contributed by atoms with van der Waals surface area (Å²) in [4.78, 5) is 46.3. The second-order valence-electron chi connectivity index (χ2n) is 12.8. The number of aromatic amines is 1. The highest BCUT2D eigenvalue weighted by Gasteiger charge is 2.43. The van der Waals surface area contributed by atoms with Gasteiger partial charge in [0.2, 0.25) is 5.95 Å². The van der Waals surface area contributed by atoms with Crippen LogP contribution in [-0.4, -0.2) is 72.6 Å². The summed E-state index contributed by atoms with van der Waals surface area (Å²) in [5.41, 5.74) is 11.7. The number of nitrogens with one attached hydrogen (secondary N) is 2. The number of carbonyl (C=O) groups excluding carboxylic acids is 2. The Bertz CT molecular complexity index is 2120. The topological polar surface area (TPSA) is 164 Å². The first kappa shape index (κ1) is 30.4. The summed E-state index contributed by atoms with van der Waals surface area (Å²) >= 11 is 0. The number of H-pyrrole nitrogens is 1. The normalized spacial score (nSPS) is 17.4. The predicted octanol–water partition coefficient (Wildman–Crippen LogP) is 4.24. The Balaban J connectivity index is 0.863. The van der Waals surface area contributed by atoms with E-state index in [4.69, 9.17) is 10.3 Å². The zero-order valence-electron chi connectivity index (χ0n) is 27.0. The number of nitrogens with zero attached hydrogens (tertiary/aromatic N) is 7. The molecule has 4 aromatic heterocycles. The van der Waals surface area contributed by atoms with E-state index in [0.29, 0.717) is 50.7 Å². The second-order valence-corrected chi connectivity index (χ2v) is 12.8. The zero-order valence-corrected chi connectivity index (χ0v) is 27.0. The van der Waals surface area contributed by atoms with E-state index in [1.165, 1.54) is 0 Å². The number of anilines is 2. The van der Waals surface area contributed by atoms with E-state index >= 15 is 0 Å². The van der Waals surface area contributed by atoms with E-state index in [0.717, 1.165) is 45.5 Å². The van der Waals surface area contributed by atoms with Crippen LogP contribution < -0.4 is 16.0 Å². The van der Waals surface area contributed by atoms with E-state index in [2.05, 4.69) is 65.6 Å². The third kappa shape index (κ3) is 6.47. The molecular formula is C36H36N10O3. The number of benzene rings is 2. The fraction of sp³-hybridized carbons (Fsp3) is 0.278. The number of fused-ring (bicyclic) bond motifs is 1. The molecule has 1 saturated heterocycles. The van der Waals surface area contributed by atoms with Gasteiger partial charge in [0.05, 0.1) is 6.33 Å². The molecule has 1 aliphatic carbocycles. The number of carbonyl (C=O) groups is 2. The minimum atomic E-state index is -0.271. The number of nitrogen functional groups attached to an aromatic ring is 1. The quantitative estimate of drug-likeness (QED) is 0.206. The number of hydrogen-bond donors (Lipinski definition) is 3. The first-order chi connectivity index (χ1) is 23.9. The Morgan fingerprint density at radius 3 is 2.67 bits per heavy atom. The number of nitrogens with two attached hydrogens (primary N) is 1. The van der Waals surface area contributed by atoms with Gasteiger partial charge in [-0.2, -0.15) is 4.98 Å². The lowest BCUT2D eigenvalue weighted by Gasteiger charge is -2.35. The van der Waals surface area contributed by atoms with Crippen molar-refractivity contribution >= 4 is 34.5 Å². The van der Waals surface area contributed by atoms with Crippen LogP contribution in [0, 0.1) is 6.92 Å². The van der Waals surface area contributed by atoms with Gasteiger partial charge >= 0.3 is 0 Å². The van der Waals surface area contributed by atoms with Crippen molar-refractivity contribution in [1.29, 1.82) is 0 Å². The van der Waals surface area contributed by atoms with Crippen molar-refractivity contribution in [2.24, 2.45) is 0 Å². The molecule has 0 bridgehead atoms. The van der Waals surface area contributed by atoms with Crippen LogP contribution in [-0.2, 0) is 13.1 Å². The standard InChI is InChI=1S/C36H36N10O3/c1-22-13-33(42-36(37)40-22)45-9-11-46(12-10-45)35(48)31-16-26-6-5-25(15-29(26)41-31)27-17-28(27)32-18-30(43-49-32)34(47)39-19-23-3-2-4-24(14-23)20-44-8-7-38-21-44/h2-8,13-16,18,21,27-28,41H,9-12,17,19-20H2,1H3,(H,39,47)(H2,37,40,42). The van der Waals surface area contributed by atoms with Gasteiger partial charge in [0.25, 0.3) is 11.8 Å². The van der Waals surface area contributed by atoms with Crippen molar-refractivity contribution < 1.29 is 14.1 Å². The van der Waals surface area contributed by atoms with Crippen LogP contribution in [0.25, 0.3) is 10.9 Å². The van der Waals surface area contributed by atoms with Crippen LogP contribution >= 0.6 is 0 Å². The summed E-state index contributed by atoms with van der Waals surface area (Å²) in [5.74, 6) is 1.86. The van der Waals surface area contributed by atoms with Crippen LogP contribution in [0.3, 0.4) is 0 Å². The number of aryl methyl sites for hydroxylation is 1. The van der Waals surface area contributed by atoms with Crippen LogP contribution in [0.1, 0.15) is 67.4 Å². The summed E-state index contributed by atoms with van der Waals surface area (Å²) in [6, 6.07) is 20.0. The first-order valence-electron chi connectivity index (χ1n) is 16.4. The SMILES string of the molecule is Cc1cc(N2CCN(C(=O)c3cc4ccc(C5CC5c5cc(C(=O)NCc6cccc(Cn7ccnc7)c6)no5)cc4[nH]3)CC2)nc(N)n1. The van der Waals surface area contributed by atoms with Crippen molar-refractivity contribution in [3.63, 3.8) is 0 Å². The third-order valence-corrected chi connectivity index (χ3v) is 9.34. The Morgan fingerprint density at radius 2 is 1.86 bits per heavy atom. The van der Waals surface area contributed by atoms with Gasteiger partial charge in [-0.3, -0.25) is 9.59 Å². The number of amides is 2. The highest BCUT2D eigenvalue weighted by Crippen LogP contribution is 2.55. The van der Waals surface area contributed by atoms with Crippen molar-refractivity contribution in [2.45, 2.75) is 38.3 Å². The molecule has 2 unspecified atom stereocenters. The average Bonchev–Trinajstić information content (AvgIpc) is 3.45. The molecule has 2 atom stereocenters. The first-order valence-corrected chi connectivity index (χ1v) is 16.4. The van der Waals surface area contributed by atoms with E-state index in [1.54, 1.807) is 18.6 Å². The molecule has 0 spiro atoms. The highest BCUT2D eigenvalue weighted by atomic mass is 16.5. The molecule has 13 nitrogen and oxygen atoms in total. The van der Waals surface area contributed by atoms with E-state index in [1.807, 2.05) is 46.9 Å². The highest BCUT2D eigenvalue weighted by molar-refractivity contribution is 5.98. The van der Waals surface area contributed by atoms with Gasteiger partial charge in [0.1, 0.15) is 17.3 Å². The summed E-state index contributed by atoms with van der Waals surface area (Å²) in [6.07, 6.45) is 6.36. The largest absolute Gasteiger partial charge is 0.368 e. The number of hydrogen-bond acceptors (Lipinski definition) is 9. The molecule has 13 heteroatoms. The van der Waals surface area contributed by atoms with Gasteiger partial charge in [-0.15, -0.1) is 0 Å². The van der Waals surface area contributed by atoms with Crippen LogP contribution in [0.4, 0.5) is 11.8 Å². The van der Waals surface area contributed by atoms with Gasteiger partial charge in [0.15, 0.2) is 5.69 Å². The summed E-state index contributed by atoms with van der Waals surface area (Å²) in [5, 5.41) is 8.02. The summed E-state index contributed by atoms with van der Waals surface area (Å²) in [7, 11) is 0. The van der Waals surface area contributed by atoms with Gasteiger partial charge < -0.3 is 34.9 Å². The molecular weight excluding hydrogens is 620 g/mol. The molecule has 248 valence electrons. The molecule has 1 saturated carbocycles. The lowest BCUT2D eigenvalue weighted by Crippen LogP contribution is -2.49. The fourth-order valence-corrected chi connectivity index (χ4v) is 6.69. The monoisotopic (exact) mass is 656 g/mol. The molecule has 2 aromatic carbocycles. The minimum absolute atomic E-state index is 0.0188. The van der Waals surface area contributed by atoms with Gasteiger partial charge in [-0.1, -0.05) is 41.6 Å². The maximum absolute atomic E-state index is 13.4. The molecule has 1 aliphatic heterocycles. The predicted molar refractivity (Wildman–Crippen MR) is 183 cm³/mol. The summed E-state index contributed by atoms with van der Waals surface area (Å²) < 4.78 is 7.63. The van der Waals surface area contributed by atoms with Gasteiger partial charge in [-0.05, 0) is 48.1 Å². The number of imidazole rings is 1. The Kier molecular flexibility index (Phi) is 7.78. The smallest absolute Gasteiger partial charge is 0.273 e. The molecule has 6 aromatic rings. The number of rotatable bonds is 9. The molecule has 49 heavy (non-hydrogen) atoms. The number of aromatic nitrogens is 6. The molecule has 4 N–H and O–H groups in total. The van der Waals surface area contributed by atoms with Crippen LogP contribution in [0.15, 0.2) is 83.9 Å². The Labute approximate surface area is 282 Å². The van der Waals surface area contributed by atoms with E-state index < -0.39 is 0 Å². The molecule has 2 aliphatic rings. The third-order valence-electron chi connectivity index (χ3n) is 9.34. The average molecular weight is 657 g/mol. The second kappa shape index (κ2) is 12.6. The molecule has 8 rings (SSSR count). The van der Waals surface area contributed by atoms with E-state index in [9.17, 15) is 9.59 Å². The number of piperazine rings is 1. The van der Waals surface area contributed by atoms with Crippen LogP contribution in [0.5, 0.6) is 0 Å². The Morgan fingerprint density at radius 1 is 1.00 bits per heavy atom. The van der Waals surface area contributed by atoms with Gasteiger partial charge in [0, 0.05) is 86.3 Å². The maximum Gasteiger partial charge on any atom is 0.273 e. The van der Waals surface area contributed by atoms with Crippen molar-refractivity contribution in [2.75, 3.05) is 36.8 Å². The molecule has 2 amide bonds.